The predicted molar refractivity (Wildman–Crippen MR) is 171 cm³/mol. The van der Waals surface area contributed by atoms with E-state index < -0.39 is 12.0 Å². The number of thiazole rings is 1. The maximum atomic E-state index is 14.2. The van der Waals surface area contributed by atoms with Crippen LogP contribution < -0.4 is 24.4 Å². The summed E-state index contributed by atoms with van der Waals surface area (Å²) in [5.74, 6) is 1.09. The summed E-state index contributed by atoms with van der Waals surface area (Å²) in [6.45, 7) is 2.01. The minimum absolute atomic E-state index is 0.0979. The Morgan fingerprint density at radius 3 is 2.59 bits per heavy atom. The second-order valence-electron chi connectivity index (χ2n) is 9.74. The normalized spacial score (nSPS) is 15.7. The van der Waals surface area contributed by atoms with Crippen LogP contribution in [0.1, 0.15) is 29.9 Å². The van der Waals surface area contributed by atoms with E-state index in [0.29, 0.717) is 42.9 Å². The first-order valence-electron chi connectivity index (χ1n) is 13.7. The van der Waals surface area contributed by atoms with E-state index in [1.807, 2.05) is 72.8 Å². The lowest BCUT2D eigenvalue weighted by Crippen LogP contribution is -2.40. The third kappa shape index (κ3) is 5.31. The van der Waals surface area contributed by atoms with E-state index in [1.165, 1.54) is 23.1 Å². The number of carbonyl (C=O) groups is 1. The molecular formula is C33H23BrN2O6S2. The van der Waals surface area contributed by atoms with Crippen molar-refractivity contribution < 1.29 is 23.4 Å². The van der Waals surface area contributed by atoms with Crippen molar-refractivity contribution in [3.8, 4) is 11.5 Å². The van der Waals surface area contributed by atoms with Crippen LogP contribution in [0.5, 0.6) is 11.5 Å². The number of fused-ring (bicyclic) bond motifs is 2. The molecule has 2 aliphatic heterocycles. The fourth-order valence-corrected chi connectivity index (χ4v) is 7.41. The number of rotatable bonds is 7. The number of benzene rings is 3. The molecule has 0 radical (unpaired) electrons. The molecule has 2 aliphatic rings. The molecule has 11 heteroatoms. The van der Waals surface area contributed by atoms with Crippen LogP contribution in [0.2, 0.25) is 0 Å². The van der Waals surface area contributed by atoms with Gasteiger partial charge in [0.05, 0.1) is 32.9 Å². The lowest BCUT2D eigenvalue weighted by atomic mass is 9.93. The Morgan fingerprint density at radius 2 is 1.82 bits per heavy atom. The molecule has 0 N–H and O–H groups in total. The second kappa shape index (κ2) is 12.0. The predicted octanol–water partition coefficient (Wildman–Crippen LogP) is 6.17. The van der Waals surface area contributed by atoms with Crippen molar-refractivity contribution in [2.45, 2.75) is 23.0 Å². The largest absolute Gasteiger partial charge is 0.463 e. The van der Waals surface area contributed by atoms with Gasteiger partial charge in [0.15, 0.2) is 21.4 Å². The summed E-state index contributed by atoms with van der Waals surface area (Å²) in [6.07, 6.45) is 1.70. The summed E-state index contributed by atoms with van der Waals surface area (Å²) in [5.41, 5.74) is 1.79. The Balaban J connectivity index is 1.41. The molecule has 0 saturated carbocycles. The highest BCUT2D eigenvalue weighted by Gasteiger charge is 2.36. The maximum Gasteiger partial charge on any atom is 0.338 e. The zero-order chi connectivity index (χ0) is 30.2. The van der Waals surface area contributed by atoms with Crippen LogP contribution >= 0.6 is 39.0 Å². The molecule has 0 aliphatic carbocycles. The zero-order valence-electron chi connectivity index (χ0n) is 23.2. The molecule has 0 unspecified atom stereocenters. The summed E-state index contributed by atoms with van der Waals surface area (Å²) in [6, 6.07) is 25.7. The molecular weight excluding hydrogens is 664 g/mol. The SMILES string of the molecule is CCOC(=O)C1=C(c2ccccc2)N=c2s/c(=C/c3cc(Br)c(Sc4ccccc4)o3)c(=O)n2[C@@H]1c1ccc2c(c1)OCO2. The highest BCUT2D eigenvalue weighted by molar-refractivity contribution is 9.10. The quantitative estimate of drug-likeness (QED) is 0.189. The average Bonchev–Trinajstić information content (AvgIpc) is 3.74. The number of ether oxygens (including phenoxy) is 3. The summed E-state index contributed by atoms with van der Waals surface area (Å²) in [7, 11) is 0. The van der Waals surface area contributed by atoms with Gasteiger partial charge in [-0.3, -0.25) is 9.36 Å². The van der Waals surface area contributed by atoms with Crippen molar-refractivity contribution in [2.75, 3.05) is 13.4 Å². The van der Waals surface area contributed by atoms with Crippen molar-refractivity contribution in [1.82, 2.24) is 4.57 Å². The van der Waals surface area contributed by atoms with Gasteiger partial charge in [0.1, 0.15) is 5.76 Å². The minimum Gasteiger partial charge on any atom is -0.463 e. The number of hydrogen-bond acceptors (Lipinski definition) is 9. The molecule has 0 bridgehead atoms. The molecule has 3 aromatic carbocycles. The molecule has 44 heavy (non-hydrogen) atoms. The number of aromatic nitrogens is 1. The smallest absolute Gasteiger partial charge is 0.338 e. The van der Waals surface area contributed by atoms with Crippen LogP contribution in [0.25, 0.3) is 11.8 Å². The van der Waals surface area contributed by atoms with Gasteiger partial charge in [-0.2, -0.15) is 0 Å². The number of furan rings is 1. The minimum atomic E-state index is -0.829. The van der Waals surface area contributed by atoms with Crippen molar-refractivity contribution in [1.29, 1.82) is 0 Å². The van der Waals surface area contributed by atoms with Gasteiger partial charge in [0.2, 0.25) is 6.79 Å². The third-order valence-corrected chi connectivity index (χ3v) is 9.82. The number of halogens is 1. The Labute approximate surface area is 268 Å². The van der Waals surface area contributed by atoms with Crippen LogP contribution in [0, 0.1) is 0 Å². The Bertz CT molecular complexity index is 2100. The molecule has 1 atom stereocenters. The standard InChI is InChI=1S/C33H23BrN2O6S2/c1-2-39-31(38)27-28(19-9-5-3-6-10-19)35-33-36(29(27)20-13-14-24-25(15-20)41-18-40-24)30(37)26(44-33)17-21-16-23(34)32(42-21)43-22-11-7-4-8-12-22/h3-17,29H,2,18H2,1H3/b26-17+/t29-/m1/s1. The van der Waals surface area contributed by atoms with Crippen molar-refractivity contribution >= 4 is 56.8 Å². The van der Waals surface area contributed by atoms with Crippen LogP contribution in [-0.2, 0) is 9.53 Å². The van der Waals surface area contributed by atoms with Crippen molar-refractivity contribution in [3.63, 3.8) is 0 Å². The maximum absolute atomic E-state index is 14.2. The fourth-order valence-electron chi connectivity index (χ4n) is 5.07. The van der Waals surface area contributed by atoms with Gasteiger partial charge in [0, 0.05) is 16.5 Å². The van der Waals surface area contributed by atoms with E-state index in [4.69, 9.17) is 23.6 Å². The van der Waals surface area contributed by atoms with Gasteiger partial charge in [-0.1, -0.05) is 77.7 Å². The summed E-state index contributed by atoms with van der Waals surface area (Å²) < 4.78 is 25.6. The molecule has 8 nitrogen and oxygen atoms in total. The Hall–Kier alpha value is -4.32. The summed E-state index contributed by atoms with van der Waals surface area (Å²) in [4.78, 5) is 34.2. The molecule has 4 heterocycles. The van der Waals surface area contributed by atoms with E-state index in [0.717, 1.165) is 14.9 Å². The molecule has 7 rings (SSSR count). The highest BCUT2D eigenvalue weighted by Crippen LogP contribution is 2.40. The number of carbonyl (C=O) groups excluding carboxylic acids is 1. The number of esters is 1. The molecule has 0 spiro atoms. The molecule has 0 fully saturated rings. The van der Waals surface area contributed by atoms with Gasteiger partial charge in [-0.15, -0.1) is 0 Å². The van der Waals surface area contributed by atoms with Crippen LogP contribution in [-0.4, -0.2) is 23.9 Å². The molecule has 2 aromatic heterocycles. The monoisotopic (exact) mass is 686 g/mol. The van der Waals surface area contributed by atoms with Crippen LogP contribution in [0.4, 0.5) is 0 Å². The van der Waals surface area contributed by atoms with E-state index in [9.17, 15) is 9.59 Å². The van der Waals surface area contributed by atoms with Crippen molar-refractivity contribution in [3.05, 3.63) is 132 Å². The fraction of sp³-hybridized carbons (Fsp3) is 0.121. The third-order valence-electron chi connectivity index (χ3n) is 6.99. The number of hydrogen-bond donors (Lipinski definition) is 0. The van der Waals surface area contributed by atoms with E-state index in [1.54, 1.807) is 29.7 Å². The van der Waals surface area contributed by atoms with Gasteiger partial charge in [-0.25, -0.2) is 9.79 Å². The highest BCUT2D eigenvalue weighted by atomic mass is 79.9. The van der Waals surface area contributed by atoms with Crippen LogP contribution in [0.15, 0.2) is 119 Å². The van der Waals surface area contributed by atoms with E-state index >= 15 is 0 Å². The molecule has 220 valence electrons. The first-order valence-corrected chi connectivity index (χ1v) is 16.1. The molecule has 0 amide bonds. The molecule has 0 saturated heterocycles. The number of nitrogens with zero attached hydrogens (tertiary/aromatic N) is 2. The molecule has 5 aromatic rings. The van der Waals surface area contributed by atoms with Gasteiger partial charge >= 0.3 is 5.97 Å². The van der Waals surface area contributed by atoms with Gasteiger partial charge < -0.3 is 18.6 Å². The first kappa shape index (κ1) is 28.5. The van der Waals surface area contributed by atoms with Crippen molar-refractivity contribution in [2.24, 2.45) is 4.99 Å². The zero-order valence-corrected chi connectivity index (χ0v) is 26.4. The van der Waals surface area contributed by atoms with Gasteiger partial charge in [0.25, 0.3) is 5.56 Å². The lowest BCUT2D eigenvalue weighted by Gasteiger charge is -2.26. The lowest BCUT2D eigenvalue weighted by molar-refractivity contribution is -0.138. The average molecular weight is 688 g/mol. The summed E-state index contributed by atoms with van der Waals surface area (Å²) >= 11 is 6.29. The van der Waals surface area contributed by atoms with Crippen LogP contribution in [0.3, 0.4) is 0 Å². The van der Waals surface area contributed by atoms with E-state index in [2.05, 4.69) is 15.9 Å². The Kier molecular flexibility index (Phi) is 7.75. The topological polar surface area (TPSA) is 92.3 Å². The Morgan fingerprint density at radius 1 is 1.07 bits per heavy atom. The second-order valence-corrected chi connectivity index (χ2v) is 12.7. The summed E-state index contributed by atoms with van der Waals surface area (Å²) in [5, 5.41) is 0.671. The van der Waals surface area contributed by atoms with Gasteiger partial charge in [-0.05, 0) is 58.7 Å². The first-order chi connectivity index (χ1) is 21.5. The van der Waals surface area contributed by atoms with E-state index in [-0.39, 0.29) is 24.5 Å².